The first-order valence-electron chi connectivity index (χ1n) is 10.2. The quantitative estimate of drug-likeness (QED) is 0.729. The molecule has 2 atom stereocenters. The van der Waals surface area contributed by atoms with E-state index in [2.05, 4.69) is 33.9 Å². The SMILES string of the molecule is CN1CCN(C[C@@H]2CCC[C@@]3(CCN(C(=O)C4CC=CC4)C3)O2)CC1. The van der Waals surface area contributed by atoms with Gasteiger partial charge in [0.15, 0.2) is 0 Å². The molecule has 4 rings (SSSR count). The summed E-state index contributed by atoms with van der Waals surface area (Å²) in [4.78, 5) is 19.8. The fourth-order valence-corrected chi connectivity index (χ4v) is 4.98. The van der Waals surface area contributed by atoms with Gasteiger partial charge in [-0.15, -0.1) is 0 Å². The summed E-state index contributed by atoms with van der Waals surface area (Å²) < 4.78 is 6.64. The fourth-order valence-electron chi connectivity index (χ4n) is 4.98. The highest BCUT2D eigenvalue weighted by molar-refractivity contribution is 5.80. The zero-order valence-corrected chi connectivity index (χ0v) is 15.7. The van der Waals surface area contributed by atoms with E-state index in [9.17, 15) is 4.79 Å². The topological polar surface area (TPSA) is 36.0 Å². The van der Waals surface area contributed by atoms with Gasteiger partial charge in [-0.05, 0) is 45.6 Å². The lowest BCUT2D eigenvalue weighted by molar-refractivity contribution is -0.144. The summed E-state index contributed by atoms with van der Waals surface area (Å²) in [5, 5.41) is 0. The van der Waals surface area contributed by atoms with Crippen LogP contribution in [0.3, 0.4) is 0 Å². The van der Waals surface area contributed by atoms with Crippen molar-refractivity contribution in [3.8, 4) is 0 Å². The normalized spacial score (nSPS) is 35.1. The molecule has 0 aromatic heterocycles. The Kier molecular flexibility index (Phi) is 5.16. The van der Waals surface area contributed by atoms with E-state index < -0.39 is 0 Å². The summed E-state index contributed by atoms with van der Waals surface area (Å²) in [5.41, 5.74) is -0.0583. The molecule has 1 aliphatic carbocycles. The number of hydrogen-bond acceptors (Lipinski definition) is 4. The summed E-state index contributed by atoms with van der Waals surface area (Å²) in [7, 11) is 2.20. The summed E-state index contributed by atoms with van der Waals surface area (Å²) in [6.07, 6.45) is 11.1. The molecule has 140 valence electrons. The minimum absolute atomic E-state index is 0.0583. The van der Waals surface area contributed by atoms with Crippen molar-refractivity contribution in [2.75, 3.05) is 52.9 Å². The molecule has 3 saturated heterocycles. The van der Waals surface area contributed by atoms with Crippen LogP contribution in [0.1, 0.15) is 38.5 Å². The number of carbonyl (C=O) groups excluding carboxylic acids is 1. The number of likely N-dealkylation sites (N-methyl/N-ethyl adjacent to an activating group) is 1. The third kappa shape index (κ3) is 3.93. The average Bonchev–Trinajstić information content (AvgIpc) is 3.27. The van der Waals surface area contributed by atoms with Crippen LogP contribution >= 0.6 is 0 Å². The largest absolute Gasteiger partial charge is 0.369 e. The number of amides is 1. The van der Waals surface area contributed by atoms with Crippen molar-refractivity contribution in [3.05, 3.63) is 12.2 Å². The highest BCUT2D eigenvalue weighted by Crippen LogP contribution is 2.38. The predicted molar refractivity (Wildman–Crippen MR) is 98.5 cm³/mol. The van der Waals surface area contributed by atoms with Gasteiger partial charge < -0.3 is 14.5 Å². The minimum Gasteiger partial charge on any atom is -0.369 e. The number of likely N-dealkylation sites (tertiary alicyclic amines) is 1. The van der Waals surface area contributed by atoms with Gasteiger partial charge in [0, 0.05) is 51.7 Å². The Morgan fingerprint density at radius 3 is 2.64 bits per heavy atom. The van der Waals surface area contributed by atoms with Crippen LogP contribution in [-0.2, 0) is 9.53 Å². The number of piperazine rings is 1. The summed E-state index contributed by atoms with van der Waals surface area (Å²) >= 11 is 0. The molecular formula is C20H33N3O2. The molecular weight excluding hydrogens is 314 g/mol. The molecule has 3 heterocycles. The van der Waals surface area contributed by atoms with E-state index in [-0.39, 0.29) is 11.5 Å². The van der Waals surface area contributed by atoms with Gasteiger partial charge in [-0.3, -0.25) is 9.69 Å². The molecule has 1 spiro atoms. The van der Waals surface area contributed by atoms with E-state index in [1.54, 1.807) is 0 Å². The van der Waals surface area contributed by atoms with E-state index in [0.717, 1.165) is 71.5 Å². The Balaban J connectivity index is 1.30. The van der Waals surface area contributed by atoms with Gasteiger partial charge in [0.1, 0.15) is 0 Å². The second-order valence-corrected chi connectivity index (χ2v) is 8.57. The number of ether oxygens (including phenoxy) is 1. The minimum atomic E-state index is -0.0583. The molecule has 4 aliphatic rings. The first-order chi connectivity index (χ1) is 12.1. The van der Waals surface area contributed by atoms with Crippen molar-refractivity contribution >= 4 is 5.91 Å². The second kappa shape index (κ2) is 7.37. The highest BCUT2D eigenvalue weighted by Gasteiger charge is 2.45. The summed E-state index contributed by atoms with van der Waals surface area (Å²) in [6, 6.07) is 0. The lowest BCUT2D eigenvalue weighted by Gasteiger charge is -2.42. The van der Waals surface area contributed by atoms with Gasteiger partial charge in [0.2, 0.25) is 5.91 Å². The van der Waals surface area contributed by atoms with Gasteiger partial charge in [-0.25, -0.2) is 0 Å². The van der Waals surface area contributed by atoms with Crippen molar-refractivity contribution in [1.29, 1.82) is 0 Å². The first-order valence-corrected chi connectivity index (χ1v) is 10.2. The maximum Gasteiger partial charge on any atom is 0.226 e. The van der Waals surface area contributed by atoms with Crippen LogP contribution in [0.4, 0.5) is 0 Å². The predicted octanol–water partition coefficient (Wildman–Crippen LogP) is 1.74. The zero-order chi connectivity index (χ0) is 17.3. The van der Waals surface area contributed by atoms with Gasteiger partial charge in [-0.2, -0.15) is 0 Å². The van der Waals surface area contributed by atoms with E-state index >= 15 is 0 Å². The number of hydrogen-bond donors (Lipinski definition) is 0. The molecule has 0 bridgehead atoms. The van der Waals surface area contributed by atoms with Crippen LogP contribution in [0.5, 0.6) is 0 Å². The van der Waals surface area contributed by atoms with Crippen molar-refractivity contribution in [2.24, 2.45) is 5.92 Å². The van der Waals surface area contributed by atoms with Crippen molar-refractivity contribution in [1.82, 2.24) is 14.7 Å². The maximum absolute atomic E-state index is 12.7. The maximum atomic E-state index is 12.7. The van der Waals surface area contributed by atoms with E-state index in [4.69, 9.17) is 4.74 Å². The van der Waals surface area contributed by atoms with Crippen molar-refractivity contribution in [3.63, 3.8) is 0 Å². The lowest BCUT2D eigenvalue weighted by atomic mass is 9.90. The Morgan fingerprint density at radius 2 is 1.88 bits per heavy atom. The molecule has 0 unspecified atom stereocenters. The Labute approximate surface area is 152 Å². The smallest absolute Gasteiger partial charge is 0.226 e. The highest BCUT2D eigenvalue weighted by atomic mass is 16.5. The monoisotopic (exact) mass is 347 g/mol. The van der Waals surface area contributed by atoms with Crippen LogP contribution in [-0.4, -0.2) is 85.2 Å². The molecule has 5 nitrogen and oxygen atoms in total. The number of allylic oxidation sites excluding steroid dienone is 2. The molecule has 0 saturated carbocycles. The third-order valence-electron chi connectivity index (χ3n) is 6.62. The van der Waals surface area contributed by atoms with E-state index in [1.807, 2.05) is 0 Å². The molecule has 0 radical (unpaired) electrons. The first kappa shape index (κ1) is 17.5. The van der Waals surface area contributed by atoms with Crippen LogP contribution in [0, 0.1) is 5.92 Å². The van der Waals surface area contributed by atoms with Crippen LogP contribution in [0.25, 0.3) is 0 Å². The van der Waals surface area contributed by atoms with E-state index in [1.165, 1.54) is 12.8 Å². The van der Waals surface area contributed by atoms with Crippen molar-refractivity contribution in [2.45, 2.75) is 50.2 Å². The summed E-state index contributed by atoms with van der Waals surface area (Å²) in [5.74, 6) is 0.548. The van der Waals surface area contributed by atoms with Crippen LogP contribution < -0.4 is 0 Å². The molecule has 25 heavy (non-hydrogen) atoms. The van der Waals surface area contributed by atoms with Gasteiger partial charge in [0.05, 0.1) is 11.7 Å². The molecule has 0 aromatic carbocycles. The van der Waals surface area contributed by atoms with Gasteiger partial charge in [-0.1, -0.05) is 12.2 Å². The van der Waals surface area contributed by atoms with Gasteiger partial charge in [0.25, 0.3) is 0 Å². The average molecular weight is 348 g/mol. The standard InChI is InChI=1S/C20H33N3O2/c1-21-11-13-22(14-12-21)15-18-7-4-8-20(25-18)9-10-23(16-20)19(24)17-5-2-3-6-17/h2-3,17-18H,4-16H2,1H3/t18-,20-/m0/s1. The Hall–Kier alpha value is -0.910. The number of carbonyl (C=O) groups is 1. The molecule has 1 amide bonds. The van der Waals surface area contributed by atoms with Gasteiger partial charge >= 0.3 is 0 Å². The molecule has 3 aliphatic heterocycles. The lowest BCUT2D eigenvalue weighted by Crippen LogP contribution is -2.51. The second-order valence-electron chi connectivity index (χ2n) is 8.57. The fraction of sp³-hybridized carbons (Fsp3) is 0.850. The van der Waals surface area contributed by atoms with Crippen LogP contribution in [0.2, 0.25) is 0 Å². The Bertz CT molecular complexity index is 507. The molecule has 3 fully saturated rings. The number of rotatable bonds is 3. The van der Waals surface area contributed by atoms with Crippen LogP contribution in [0.15, 0.2) is 12.2 Å². The van der Waals surface area contributed by atoms with E-state index in [0.29, 0.717) is 12.0 Å². The van der Waals surface area contributed by atoms with Crippen molar-refractivity contribution < 1.29 is 9.53 Å². The zero-order valence-electron chi connectivity index (χ0n) is 15.7. The molecule has 0 aromatic rings. The summed E-state index contributed by atoms with van der Waals surface area (Å²) in [6.45, 7) is 7.41. The Morgan fingerprint density at radius 1 is 1.12 bits per heavy atom. The molecule has 0 N–H and O–H groups in total. The number of nitrogens with zero attached hydrogens (tertiary/aromatic N) is 3. The molecule has 5 heteroatoms. The third-order valence-corrected chi connectivity index (χ3v) is 6.62.